The van der Waals surface area contributed by atoms with Gasteiger partial charge in [-0.25, -0.2) is 4.99 Å². The van der Waals surface area contributed by atoms with Crippen LogP contribution in [0.2, 0.25) is 0 Å². The Bertz CT molecular complexity index is 424. The van der Waals surface area contributed by atoms with Crippen molar-refractivity contribution < 1.29 is 4.74 Å². The van der Waals surface area contributed by atoms with Crippen LogP contribution < -0.4 is 10.6 Å². The third kappa shape index (κ3) is 10.00. The van der Waals surface area contributed by atoms with Gasteiger partial charge in [0.2, 0.25) is 0 Å². The Kier molecular flexibility index (Phi) is 13.3. The van der Waals surface area contributed by atoms with Crippen LogP contribution in [0.5, 0.6) is 0 Å². The molecule has 2 N–H and O–H groups in total. The highest BCUT2D eigenvalue weighted by Crippen LogP contribution is 2.04. The van der Waals surface area contributed by atoms with Crippen LogP contribution >= 0.6 is 24.0 Å². The summed E-state index contributed by atoms with van der Waals surface area (Å²) in [5.41, 5.74) is 2.51. The summed E-state index contributed by atoms with van der Waals surface area (Å²) in [6, 6.07) is 8.47. The quantitative estimate of drug-likeness (QED) is 0.279. The van der Waals surface area contributed by atoms with E-state index in [1.165, 1.54) is 11.1 Å². The van der Waals surface area contributed by atoms with Gasteiger partial charge in [0, 0.05) is 26.3 Å². The lowest BCUT2D eigenvalue weighted by atomic mass is 10.1. The van der Waals surface area contributed by atoms with Gasteiger partial charge in [-0.15, -0.1) is 24.0 Å². The molecule has 0 aliphatic rings. The van der Waals surface area contributed by atoms with E-state index in [0.717, 1.165) is 45.1 Å². The number of hydrogen-bond donors (Lipinski definition) is 2. The largest absolute Gasteiger partial charge is 0.382 e. The maximum Gasteiger partial charge on any atom is 0.191 e. The number of halogens is 1. The number of aliphatic imine (C=N–C) groups is 1. The van der Waals surface area contributed by atoms with Crippen molar-refractivity contribution in [1.82, 2.24) is 10.6 Å². The highest BCUT2D eigenvalue weighted by atomic mass is 127. The van der Waals surface area contributed by atoms with Gasteiger partial charge in [0.1, 0.15) is 0 Å². The summed E-state index contributed by atoms with van der Waals surface area (Å²) in [4.78, 5) is 4.62. The van der Waals surface area contributed by atoms with Gasteiger partial charge < -0.3 is 15.4 Å². The second-order valence-electron chi connectivity index (χ2n) is 5.02. The lowest BCUT2D eigenvalue weighted by Gasteiger charge is -2.11. The molecule has 0 aliphatic heterocycles. The molecule has 0 heterocycles. The molecule has 0 bridgehead atoms. The number of unbranched alkanes of at least 4 members (excludes halogenated alkanes) is 1. The Morgan fingerprint density at radius 2 is 2.00 bits per heavy atom. The van der Waals surface area contributed by atoms with E-state index in [1.807, 2.05) is 6.92 Å². The Hall–Kier alpha value is -0.820. The zero-order valence-electron chi connectivity index (χ0n) is 14.0. The Labute approximate surface area is 152 Å². The van der Waals surface area contributed by atoms with Gasteiger partial charge in [-0.2, -0.15) is 0 Å². The van der Waals surface area contributed by atoms with Crippen LogP contribution in [-0.4, -0.2) is 32.3 Å². The summed E-state index contributed by atoms with van der Waals surface area (Å²) in [6.07, 6.45) is 2.17. The summed E-state index contributed by atoms with van der Waals surface area (Å²) in [6.45, 7) is 10.4. The van der Waals surface area contributed by atoms with Gasteiger partial charge in [-0.05, 0) is 39.2 Å². The van der Waals surface area contributed by atoms with E-state index >= 15 is 0 Å². The molecule has 0 spiro atoms. The Morgan fingerprint density at radius 1 is 1.18 bits per heavy atom. The van der Waals surface area contributed by atoms with E-state index in [9.17, 15) is 0 Å². The Morgan fingerprint density at radius 3 is 2.68 bits per heavy atom. The molecule has 22 heavy (non-hydrogen) atoms. The van der Waals surface area contributed by atoms with Crippen LogP contribution in [0.1, 0.15) is 37.8 Å². The number of aryl methyl sites for hydroxylation is 1. The lowest BCUT2D eigenvalue weighted by Crippen LogP contribution is -2.37. The molecule has 5 heteroatoms. The fourth-order valence-electron chi connectivity index (χ4n) is 2.00. The van der Waals surface area contributed by atoms with Crippen molar-refractivity contribution in [2.75, 3.05) is 26.3 Å². The summed E-state index contributed by atoms with van der Waals surface area (Å²) in [7, 11) is 0. The van der Waals surface area contributed by atoms with Gasteiger partial charge >= 0.3 is 0 Å². The minimum absolute atomic E-state index is 0. The zero-order chi connectivity index (χ0) is 15.3. The lowest BCUT2D eigenvalue weighted by molar-refractivity contribution is 0.143. The van der Waals surface area contributed by atoms with Crippen LogP contribution in [0, 0.1) is 6.92 Å². The zero-order valence-corrected chi connectivity index (χ0v) is 16.4. The third-order valence-corrected chi connectivity index (χ3v) is 3.06. The molecular weight excluding hydrogens is 389 g/mol. The maximum atomic E-state index is 5.33. The van der Waals surface area contributed by atoms with Crippen molar-refractivity contribution in [2.45, 2.75) is 40.2 Å². The van der Waals surface area contributed by atoms with E-state index in [-0.39, 0.29) is 24.0 Å². The smallest absolute Gasteiger partial charge is 0.191 e. The minimum Gasteiger partial charge on any atom is -0.382 e. The van der Waals surface area contributed by atoms with Gasteiger partial charge in [0.15, 0.2) is 5.96 Å². The molecule has 0 fully saturated rings. The second kappa shape index (κ2) is 13.8. The van der Waals surface area contributed by atoms with E-state index in [4.69, 9.17) is 4.74 Å². The molecule has 1 aromatic carbocycles. The average molecular weight is 419 g/mol. The highest BCUT2D eigenvalue weighted by molar-refractivity contribution is 14.0. The molecule has 126 valence electrons. The van der Waals surface area contributed by atoms with E-state index < -0.39 is 0 Å². The first kappa shape index (κ1) is 21.2. The molecule has 1 rings (SSSR count). The molecule has 0 atom stereocenters. The maximum absolute atomic E-state index is 5.33. The van der Waals surface area contributed by atoms with Crippen molar-refractivity contribution in [1.29, 1.82) is 0 Å². The molecule has 0 unspecified atom stereocenters. The van der Waals surface area contributed by atoms with Crippen LogP contribution in [0.15, 0.2) is 29.3 Å². The van der Waals surface area contributed by atoms with Crippen molar-refractivity contribution in [3.05, 3.63) is 35.4 Å². The molecule has 0 radical (unpaired) electrons. The fourth-order valence-corrected chi connectivity index (χ4v) is 2.00. The van der Waals surface area contributed by atoms with Crippen LogP contribution in [-0.2, 0) is 11.3 Å². The summed E-state index contributed by atoms with van der Waals surface area (Å²) in [5.74, 6) is 0.885. The predicted molar refractivity (Wildman–Crippen MR) is 105 cm³/mol. The average Bonchev–Trinajstić information content (AvgIpc) is 2.48. The normalized spacial score (nSPS) is 11.0. The van der Waals surface area contributed by atoms with E-state index in [2.05, 4.69) is 53.7 Å². The van der Waals surface area contributed by atoms with E-state index in [1.54, 1.807) is 0 Å². The molecule has 4 nitrogen and oxygen atoms in total. The van der Waals surface area contributed by atoms with Crippen LogP contribution in [0.25, 0.3) is 0 Å². The fraction of sp³-hybridized carbons (Fsp3) is 0.588. The monoisotopic (exact) mass is 419 g/mol. The molecule has 0 amide bonds. The van der Waals surface area contributed by atoms with Crippen LogP contribution in [0.3, 0.4) is 0 Å². The topological polar surface area (TPSA) is 45.7 Å². The number of rotatable bonds is 9. The molecular formula is C17H30IN3O. The van der Waals surface area contributed by atoms with Crippen molar-refractivity contribution in [3.63, 3.8) is 0 Å². The minimum atomic E-state index is 0. The molecule has 1 aromatic rings. The number of guanidine groups is 1. The third-order valence-electron chi connectivity index (χ3n) is 3.06. The van der Waals surface area contributed by atoms with Gasteiger partial charge in [-0.1, -0.05) is 29.8 Å². The number of nitrogens with zero attached hydrogens (tertiary/aromatic N) is 1. The highest BCUT2D eigenvalue weighted by Gasteiger charge is 1.98. The van der Waals surface area contributed by atoms with Gasteiger partial charge in [-0.3, -0.25) is 0 Å². The molecule has 0 aliphatic carbocycles. The summed E-state index contributed by atoms with van der Waals surface area (Å²) in [5, 5.41) is 6.64. The number of ether oxygens (including phenoxy) is 1. The standard InChI is InChI=1S/C17H29N3O.HI/c1-4-18-17(19-11-6-7-12-21-5-2)20-14-16-10-8-9-15(3)13-16;/h8-10,13H,4-7,11-12,14H2,1-3H3,(H2,18,19,20);1H. The first-order chi connectivity index (χ1) is 10.3. The summed E-state index contributed by atoms with van der Waals surface area (Å²) >= 11 is 0. The number of benzene rings is 1. The summed E-state index contributed by atoms with van der Waals surface area (Å²) < 4.78 is 5.33. The number of nitrogens with one attached hydrogen (secondary N) is 2. The second-order valence-corrected chi connectivity index (χ2v) is 5.02. The Balaban J connectivity index is 0.00000441. The predicted octanol–water partition coefficient (Wildman–Crippen LogP) is 3.48. The van der Waals surface area contributed by atoms with Crippen molar-refractivity contribution >= 4 is 29.9 Å². The molecule has 0 saturated heterocycles. The van der Waals surface area contributed by atoms with Crippen molar-refractivity contribution in [3.8, 4) is 0 Å². The van der Waals surface area contributed by atoms with E-state index in [0.29, 0.717) is 6.54 Å². The number of hydrogen-bond acceptors (Lipinski definition) is 2. The molecule has 0 aromatic heterocycles. The van der Waals surface area contributed by atoms with Crippen molar-refractivity contribution in [2.24, 2.45) is 4.99 Å². The van der Waals surface area contributed by atoms with Gasteiger partial charge in [0.05, 0.1) is 6.54 Å². The first-order valence-corrected chi connectivity index (χ1v) is 7.91. The molecule has 0 saturated carbocycles. The SMILES string of the molecule is CCNC(=NCc1cccc(C)c1)NCCCCOCC.I. The first-order valence-electron chi connectivity index (χ1n) is 7.91. The van der Waals surface area contributed by atoms with Gasteiger partial charge in [0.25, 0.3) is 0 Å². The van der Waals surface area contributed by atoms with Crippen LogP contribution in [0.4, 0.5) is 0 Å².